The zero-order chi connectivity index (χ0) is 18.6. The van der Waals surface area contributed by atoms with Crippen molar-refractivity contribution in [3.05, 3.63) is 36.5 Å². The van der Waals surface area contributed by atoms with Crippen LogP contribution in [-0.4, -0.2) is 78.9 Å². The van der Waals surface area contributed by atoms with Gasteiger partial charge in [-0.15, -0.1) is 0 Å². The minimum Gasteiger partial charge on any atom is -0.396 e. The lowest BCUT2D eigenvalue weighted by Gasteiger charge is -2.47. The van der Waals surface area contributed by atoms with Gasteiger partial charge in [-0.3, -0.25) is 4.90 Å². The van der Waals surface area contributed by atoms with E-state index in [1.165, 1.54) is 30.3 Å². The maximum atomic E-state index is 9.41. The molecule has 2 fully saturated rings. The van der Waals surface area contributed by atoms with Crippen molar-refractivity contribution in [2.45, 2.75) is 25.3 Å². The Bertz CT molecular complexity index is 739. The first kappa shape index (κ1) is 18.7. The van der Waals surface area contributed by atoms with Crippen LogP contribution in [0.3, 0.4) is 0 Å². The van der Waals surface area contributed by atoms with Gasteiger partial charge in [-0.05, 0) is 43.7 Å². The Kier molecular flexibility index (Phi) is 5.91. The molecule has 4 rings (SSSR count). The largest absolute Gasteiger partial charge is 0.396 e. The van der Waals surface area contributed by atoms with Crippen molar-refractivity contribution in [2.24, 2.45) is 5.92 Å². The molecule has 5 nitrogen and oxygen atoms in total. The molecule has 2 saturated heterocycles. The van der Waals surface area contributed by atoms with E-state index in [1.807, 2.05) is 6.20 Å². The summed E-state index contributed by atoms with van der Waals surface area (Å²) in [6, 6.07) is 11.3. The third-order valence-corrected chi connectivity index (χ3v) is 6.39. The zero-order valence-corrected chi connectivity index (χ0v) is 16.4. The van der Waals surface area contributed by atoms with Gasteiger partial charge in [0.25, 0.3) is 0 Å². The number of likely N-dealkylation sites (N-methyl/N-ethyl adjacent to an activating group) is 1. The summed E-state index contributed by atoms with van der Waals surface area (Å²) >= 11 is 0. The Hall–Kier alpha value is -1.69. The summed E-state index contributed by atoms with van der Waals surface area (Å²) in [6.07, 6.45) is 5.11. The SMILES string of the molecule is CN1CCN([C@@H]2CCN(c3nccc4ccccc34)C[C@@H]2CCCO)CC1. The summed E-state index contributed by atoms with van der Waals surface area (Å²) in [5, 5.41) is 11.9. The number of aliphatic hydroxyl groups excluding tert-OH is 1. The van der Waals surface area contributed by atoms with Crippen LogP contribution < -0.4 is 4.90 Å². The molecule has 3 heterocycles. The lowest BCUT2D eigenvalue weighted by molar-refractivity contribution is 0.0637. The maximum absolute atomic E-state index is 9.41. The summed E-state index contributed by atoms with van der Waals surface area (Å²) < 4.78 is 0. The fourth-order valence-corrected chi connectivity index (χ4v) is 4.84. The number of rotatable bonds is 5. The molecule has 0 unspecified atom stereocenters. The molecule has 0 radical (unpaired) electrons. The Morgan fingerprint density at radius 1 is 1.07 bits per heavy atom. The minimum absolute atomic E-state index is 0.290. The van der Waals surface area contributed by atoms with Crippen molar-refractivity contribution in [1.29, 1.82) is 0 Å². The molecular formula is C22H32N4O. The highest BCUT2D eigenvalue weighted by Crippen LogP contribution is 2.32. The van der Waals surface area contributed by atoms with E-state index in [0.717, 1.165) is 44.8 Å². The molecule has 0 saturated carbocycles. The number of pyridine rings is 1. The van der Waals surface area contributed by atoms with Gasteiger partial charge in [0.2, 0.25) is 0 Å². The van der Waals surface area contributed by atoms with Crippen LogP contribution in [0.1, 0.15) is 19.3 Å². The number of hydrogen-bond donors (Lipinski definition) is 1. The van der Waals surface area contributed by atoms with Crippen molar-refractivity contribution in [2.75, 3.05) is 57.8 Å². The number of benzene rings is 1. The molecule has 1 N–H and O–H groups in total. The van der Waals surface area contributed by atoms with Crippen LogP contribution in [0.25, 0.3) is 10.8 Å². The zero-order valence-electron chi connectivity index (χ0n) is 16.4. The summed E-state index contributed by atoms with van der Waals surface area (Å²) in [5.74, 6) is 1.72. The van der Waals surface area contributed by atoms with Crippen LogP contribution in [0, 0.1) is 5.92 Å². The molecule has 27 heavy (non-hydrogen) atoms. The summed E-state index contributed by atoms with van der Waals surface area (Å²) in [4.78, 5) is 12.4. The normalized spacial score (nSPS) is 25.2. The summed E-state index contributed by atoms with van der Waals surface area (Å²) in [6.45, 7) is 7.06. The number of piperidine rings is 1. The molecule has 1 aromatic heterocycles. The average molecular weight is 369 g/mol. The van der Waals surface area contributed by atoms with Crippen LogP contribution in [0.5, 0.6) is 0 Å². The number of aliphatic hydroxyl groups is 1. The minimum atomic E-state index is 0.290. The van der Waals surface area contributed by atoms with Crippen LogP contribution in [0.2, 0.25) is 0 Å². The van der Waals surface area contributed by atoms with Gasteiger partial charge in [-0.2, -0.15) is 0 Å². The van der Waals surface area contributed by atoms with Crippen LogP contribution in [-0.2, 0) is 0 Å². The van der Waals surface area contributed by atoms with E-state index >= 15 is 0 Å². The van der Waals surface area contributed by atoms with Crippen LogP contribution in [0.15, 0.2) is 36.5 Å². The molecule has 2 aliphatic rings. The summed E-state index contributed by atoms with van der Waals surface area (Å²) in [7, 11) is 2.22. The van der Waals surface area contributed by atoms with Crippen molar-refractivity contribution >= 4 is 16.6 Å². The lowest BCUT2D eigenvalue weighted by Crippen LogP contribution is -2.56. The second kappa shape index (κ2) is 8.55. The summed E-state index contributed by atoms with van der Waals surface area (Å²) in [5.41, 5.74) is 0. The van der Waals surface area contributed by atoms with Gasteiger partial charge in [0.05, 0.1) is 0 Å². The third-order valence-electron chi connectivity index (χ3n) is 6.39. The van der Waals surface area contributed by atoms with E-state index in [9.17, 15) is 5.11 Å². The molecule has 2 aromatic rings. The Morgan fingerprint density at radius 3 is 2.70 bits per heavy atom. The lowest BCUT2D eigenvalue weighted by atomic mass is 9.86. The molecule has 0 aliphatic carbocycles. The number of aromatic nitrogens is 1. The fourth-order valence-electron chi connectivity index (χ4n) is 4.84. The van der Waals surface area contributed by atoms with E-state index in [-0.39, 0.29) is 0 Å². The Labute approximate surface area is 162 Å². The van der Waals surface area contributed by atoms with E-state index < -0.39 is 0 Å². The first-order valence-corrected chi connectivity index (χ1v) is 10.4. The number of hydrogen-bond acceptors (Lipinski definition) is 5. The quantitative estimate of drug-likeness (QED) is 0.878. The van der Waals surface area contributed by atoms with Crippen LogP contribution in [0.4, 0.5) is 5.82 Å². The molecule has 1 aromatic carbocycles. The predicted molar refractivity (Wildman–Crippen MR) is 111 cm³/mol. The second-order valence-corrected chi connectivity index (χ2v) is 8.12. The number of anilines is 1. The Balaban J connectivity index is 1.53. The molecule has 0 bridgehead atoms. The highest BCUT2D eigenvalue weighted by molar-refractivity contribution is 5.92. The number of nitrogens with zero attached hydrogens (tertiary/aromatic N) is 4. The van der Waals surface area contributed by atoms with Gasteiger partial charge in [0.15, 0.2) is 0 Å². The second-order valence-electron chi connectivity index (χ2n) is 8.12. The van der Waals surface area contributed by atoms with Gasteiger partial charge in [0, 0.05) is 63.5 Å². The van der Waals surface area contributed by atoms with Gasteiger partial charge in [0.1, 0.15) is 5.82 Å². The highest BCUT2D eigenvalue weighted by atomic mass is 16.2. The van der Waals surface area contributed by atoms with Crippen molar-refractivity contribution in [3.8, 4) is 0 Å². The van der Waals surface area contributed by atoms with Gasteiger partial charge in [-0.25, -0.2) is 4.98 Å². The molecule has 5 heteroatoms. The van der Waals surface area contributed by atoms with Crippen molar-refractivity contribution in [3.63, 3.8) is 0 Å². The molecular weight excluding hydrogens is 336 g/mol. The third kappa shape index (κ3) is 4.10. The predicted octanol–water partition coefficient (Wildman–Crippen LogP) is 2.45. The highest BCUT2D eigenvalue weighted by Gasteiger charge is 2.34. The van der Waals surface area contributed by atoms with Crippen molar-refractivity contribution < 1.29 is 5.11 Å². The smallest absolute Gasteiger partial charge is 0.136 e. The van der Waals surface area contributed by atoms with Gasteiger partial charge < -0.3 is 14.9 Å². The van der Waals surface area contributed by atoms with E-state index in [0.29, 0.717) is 18.6 Å². The first-order valence-electron chi connectivity index (χ1n) is 10.4. The fraction of sp³-hybridized carbons (Fsp3) is 0.591. The molecule has 2 aliphatic heterocycles. The van der Waals surface area contributed by atoms with Gasteiger partial charge >= 0.3 is 0 Å². The molecule has 0 spiro atoms. The van der Waals surface area contributed by atoms with Gasteiger partial charge in [-0.1, -0.05) is 24.3 Å². The monoisotopic (exact) mass is 368 g/mol. The molecule has 2 atom stereocenters. The maximum Gasteiger partial charge on any atom is 0.136 e. The topological polar surface area (TPSA) is 42.8 Å². The van der Waals surface area contributed by atoms with Crippen LogP contribution >= 0.6 is 0 Å². The average Bonchev–Trinajstić information content (AvgIpc) is 2.72. The van der Waals surface area contributed by atoms with E-state index in [2.05, 4.69) is 52.1 Å². The van der Waals surface area contributed by atoms with Crippen molar-refractivity contribution in [1.82, 2.24) is 14.8 Å². The first-order chi connectivity index (χ1) is 13.3. The number of piperazine rings is 1. The van der Waals surface area contributed by atoms with E-state index in [4.69, 9.17) is 4.98 Å². The number of fused-ring (bicyclic) bond motifs is 1. The standard InChI is InChI=1S/C22H32N4O/c1-24-12-14-25(15-13-24)21-9-11-26(17-19(21)6-4-16-27)22-20-7-3-2-5-18(20)8-10-23-22/h2-3,5,7-8,10,19,21,27H,4,6,9,11-17H2,1H3/t19-,21+/m0/s1. The molecule has 146 valence electrons. The molecule has 0 amide bonds. The van der Waals surface area contributed by atoms with E-state index in [1.54, 1.807) is 0 Å². The Morgan fingerprint density at radius 2 is 1.89 bits per heavy atom.